The highest BCUT2D eigenvalue weighted by Crippen LogP contribution is 2.45. The van der Waals surface area contributed by atoms with Gasteiger partial charge in [0.25, 0.3) is 0 Å². The van der Waals surface area contributed by atoms with Crippen molar-refractivity contribution in [3.63, 3.8) is 0 Å². The maximum Gasteiger partial charge on any atom is 0.350 e. The summed E-state index contributed by atoms with van der Waals surface area (Å²) in [6, 6.07) is 6.26. The number of carbonyl (C=O) groups is 6. The second-order valence-electron chi connectivity index (χ2n) is 8.10. The van der Waals surface area contributed by atoms with E-state index < -0.39 is 59.1 Å². The minimum Gasteiger partial charge on any atom is -0.465 e. The van der Waals surface area contributed by atoms with E-state index >= 15 is 0 Å². The number of amides is 2. The SMILES string of the molecule is CCOC(=O)C1N=C(C2C(=O)c3ccccc3C2=O)C2C(=O)N(c3ccsc3C(=O)OC)C(=O)C12. The molecule has 2 aromatic rings. The van der Waals surface area contributed by atoms with Crippen LogP contribution in [-0.4, -0.2) is 60.8 Å². The van der Waals surface area contributed by atoms with Crippen molar-refractivity contribution in [3.8, 4) is 0 Å². The summed E-state index contributed by atoms with van der Waals surface area (Å²) in [5.74, 6) is -8.25. The molecule has 178 valence electrons. The molecular weight excluding hydrogens is 476 g/mol. The molecule has 0 radical (unpaired) electrons. The molecule has 2 amide bonds. The maximum atomic E-state index is 13.6. The van der Waals surface area contributed by atoms with Crippen LogP contribution in [0.5, 0.6) is 0 Å². The van der Waals surface area contributed by atoms with Crippen LogP contribution < -0.4 is 4.90 Å². The summed E-state index contributed by atoms with van der Waals surface area (Å²) in [4.78, 5) is 83.6. The van der Waals surface area contributed by atoms with E-state index in [-0.39, 0.29) is 34.0 Å². The molecular formula is C24H18N2O8S. The smallest absolute Gasteiger partial charge is 0.350 e. The molecule has 5 rings (SSSR count). The molecule has 10 nitrogen and oxygen atoms in total. The molecule has 1 aromatic carbocycles. The molecule has 1 fully saturated rings. The van der Waals surface area contributed by atoms with Gasteiger partial charge < -0.3 is 9.47 Å². The number of nitrogens with zero attached hydrogens (tertiary/aromatic N) is 2. The standard InChI is InChI=1S/C24H18N2O8S/c1-3-34-23(31)17-14-13(16(25-17)15-18(27)10-6-4-5-7-11(10)19(15)28)21(29)26(22(14)30)12-8-9-35-20(12)24(32)33-2/h4-9,13-15,17H,3H2,1-2H3. The predicted octanol–water partition coefficient (Wildman–Crippen LogP) is 1.72. The van der Waals surface area contributed by atoms with Gasteiger partial charge in [0, 0.05) is 16.8 Å². The Kier molecular flexibility index (Phi) is 5.43. The van der Waals surface area contributed by atoms with Gasteiger partial charge in [-0.05, 0) is 18.4 Å². The van der Waals surface area contributed by atoms with Crippen LogP contribution in [-0.2, 0) is 23.9 Å². The largest absolute Gasteiger partial charge is 0.465 e. The number of hydrogen-bond donors (Lipinski definition) is 0. The molecule has 35 heavy (non-hydrogen) atoms. The highest BCUT2D eigenvalue weighted by molar-refractivity contribution is 7.12. The minimum absolute atomic E-state index is 0.00712. The quantitative estimate of drug-likeness (QED) is 0.348. The number of thiophene rings is 1. The molecule has 3 heterocycles. The van der Waals surface area contributed by atoms with Crippen LogP contribution in [0.2, 0.25) is 0 Å². The van der Waals surface area contributed by atoms with Crippen molar-refractivity contribution in [2.75, 3.05) is 18.6 Å². The lowest BCUT2D eigenvalue weighted by atomic mass is 9.82. The van der Waals surface area contributed by atoms with Gasteiger partial charge in [0.15, 0.2) is 17.6 Å². The third-order valence-corrected chi connectivity index (χ3v) is 7.24. The van der Waals surface area contributed by atoms with E-state index in [2.05, 4.69) is 4.99 Å². The molecule has 2 aliphatic heterocycles. The highest BCUT2D eigenvalue weighted by atomic mass is 32.1. The summed E-state index contributed by atoms with van der Waals surface area (Å²) in [5, 5.41) is 1.52. The first-order chi connectivity index (χ1) is 16.8. The van der Waals surface area contributed by atoms with Gasteiger partial charge in [0.05, 0.1) is 31.2 Å². The zero-order valence-electron chi connectivity index (χ0n) is 18.5. The summed E-state index contributed by atoms with van der Waals surface area (Å²) >= 11 is 0.984. The lowest BCUT2D eigenvalue weighted by Crippen LogP contribution is -2.37. The fourth-order valence-electron chi connectivity index (χ4n) is 4.90. The van der Waals surface area contributed by atoms with E-state index in [9.17, 15) is 28.8 Å². The van der Waals surface area contributed by atoms with Crippen LogP contribution in [0, 0.1) is 17.8 Å². The van der Waals surface area contributed by atoms with E-state index in [1.807, 2.05) is 0 Å². The monoisotopic (exact) mass is 494 g/mol. The number of benzene rings is 1. The van der Waals surface area contributed by atoms with E-state index in [1.54, 1.807) is 19.1 Å². The van der Waals surface area contributed by atoms with Crippen LogP contribution in [0.3, 0.4) is 0 Å². The first kappa shape index (κ1) is 22.8. The fraction of sp³-hybridized carbons (Fsp3) is 0.292. The molecule has 0 N–H and O–H groups in total. The van der Waals surface area contributed by atoms with Crippen LogP contribution >= 0.6 is 11.3 Å². The zero-order valence-corrected chi connectivity index (χ0v) is 19.4. The summed E-state index contributed by atoms with van der Waals surface area (Å²) in [6.45, 7) is 1.59. The van der Waals surface area contributed by atoms with Gasteiger partial charge in [-0.15, -0.1) is 11.3 Å². The van der Waals surface area contributed by atoms with Gasteiger partial charge in [-0.3, -0.25) is 24.2 Å². The molecule has 3 atom stereocenters. The first-order valence-electron chi connectivity index (χ1n) is 10.8. The second-order valence-corrected chi connectivity index (χ2v) is 9.02. The number of methoxy groups -OCH3 is 1. The van der Waals surface area contributed by atoms with Crippen molar-refractivity contribution in [3.05, 3.63) is 51.7 Å². The van der Waals surface area contributed by atoms with Gasteiger partial charge in [-0.1, -0.05) is 24.3 Å². The van der Waals surface area contributed by atoms with Crippen molar-refractivity contribution >= 4 is 58.1 Å². The fourth-order valence-corrected chi connectivity index (χ4v) is 5.69. The lowest BCUT2D eigenvalue weighted by Gasteiger charge is -2.18. The van der Waals surface area contributed by atoms with Gasteiger partial charge in [-0.2, -0.15) is 0 Å². The van der Waals surface area contributed by atoms with Gasteiger partial charge >= 0.3 is 11.9 Å². The Morgan fingerprint density at radius 3 is 2.29 bits per heavy atom. The summed E-state index contributed by atoms with van der Waals surface area (Å²) in [6.07, 6.45) is 0. The van der Waals surface area contributed by atoms with Crippen molar-refractivity contribution < 1.29 is 38.2 Å². The van der Waals surface area contributed by atoms with E-state index in [0.717, 1.165) is 16.2 Å². The van der Waals surface area contributed by atoms with Crippen LogP contribution in [0.15, 0.2) is 40.7 Å². The van der Waals surface area contributed by atoms with E-state index in [0.29, 0.717) is 0 Å². The minimum atomic E-state index is -1.42. The Labute approximate surface area is 202 Å². The molecule has 1 aromatic heterocycles. The van der Waals surface area contributed by atoms with Crippen LogP contribution in [0.4, 0.5) is 5.69 Å². The van der Waals surface area contributed by atoms with Crippen molar-refractivity contribution in [1.29, 1.82) is 0 Å². The number of aliphatic imine (C=N–C) groups is 1. The number of ether oxygens (including phenoxy) is 2. The third-order valence-electron chi connectivity index (χ3n) is 6.36. The third kappa shape index (κ3) is 3.18. The normalized spacial score (nSPS) is 23.4. The molecule has 1 saturated heterocycles. The Morgan fingerprint density at radius 1 is 1.03 bits per heavy atom. The molecule has 0 bridgehead atoms. The molecule has 0 saturated carbocycles. The number of carbonyl (C=O) groups excluding carboxylic acids is 6. The molecule has 3 unspecified atom stereocenters. The number of fused-ring (bicyclic) bond motifs is 2. The number of esters is 2. The number of anilines is 1. The van der Waals surface area contributed by atoms with Crippen molar-refractivity contribution in [1.82, 2.24) is 0 Å². The Hall–Kier alpha value is -3.99. The maximum absolute atomic E-state index is 13.6. The van der Waals surface area contributed by atoms with E-state index in [4.69, 9.17) is 9.47 Å². The summed E-state index contributed by atoms with van der Waals surface area (Å²) < 4.78 is 9.83. The van der Waals surface area contributed by atoms with Gasteiger partial charge in [-0.25, -0.2) is 14.5 Å². The first-order valence-corrected chi connectivity index (χ1v) is 11.6. The number of hydrogen-bond acceptors (Lipinski definition) is 10. The number of rotatable bonds is 5. The average molecular weight is 494 g/mol. The molecule has 0 spiro atoms. The zero-order chi connectivity index (χ0) is 25.0. The molecule has 1 aliphatic carbocycles. The summed E-state index contributed by atoms with van der Waals surface area (Å²) in [7, 11) is 1.17. The van der Waals surface area contributed by atoms with E-state index in [1.165, 1.54) is 30.7 Å². The number of ketones is 2. The average Bonchev–Trinajstić information content (AvgIpc) is 3.59. The molecule has 11 heteroatoms. The highest BCUT2D eigenvalue weighted by Gasteiger charge is 2.63. The Balaban J connectivity index is 1.61. The second kappa shape index (κ2) is 8.35. The van der Waals surface area contributed by atoms with Crippen molar-refractivity contribution in [2.24, 2.45) is 22.7 Å². The molecule has 3 aliphatic rings. The lowest BCUT2D eigenvalue weighted by molar-refractivity contribution is -0.147. The number of imide groups is 1. The van der Waals surface area contributed by atoms with Crippen LogP contribution in [0.1, 0.15) is 37.3 Å². The van der Waals surface area contributed by atoms with Gasteiger partial charge in [0.2, 0.25) is 11.8 Å². The predicted molar refractivity (Wildman–Crippen MR) is 122 cm³/mol. The Bertz CT molecular complexity index is 1320. The Morgan fingerprint density at radius 2 is 1.69 bits per heavy atom. The van der Waals surface area contributed by atoms with Crippen LogP contribution in [0.25, 0.3) is 0 Å². The summed E-state index contributed by atoms with van der Waals surface area (Å²) in [5.41, 5.74) is 0.275. The number of Topliss-reactive ketones (excluding diaryl/α,β-unsaturated/α-hetero) is 2. The topological polar surface area (TPSA) is 136 Å². The van der Waals surface area contributed by atoms with Crippen molar-refractivity contribution in [2.45, 2.75) is 13.0 Å². The van der Waals surface area contributed by atoms with Gasteiger partial charge in [0.1, 0.15) is 10.8 Å².